The van der Waals surface area contributed by atoms with Crippen LogP contribution < -0.4 is 10.0 Å². The van der Waals surface area contributed by atoms with E-state index in [1.807, 2.05) is 0 Å². The molecule has 128 valence electrons. The minimum Gasteiger partial charge on any atom is -0.319 e. The van der Waals surface area contributed by atoms with Crippen LogP contribution in [0.15, 0.2) is 71.9 Å². The van der Waals surface area contributed by atoms with Gasteiger partial charge in [-0.25, -0.2) is 8.42 Å². The molecule has 25 heavy (non-hydrogen) atoms. The Hall–Kier alpha value is -3.13. The molecule has 0 bridgehead atoms. The van der Waals surface area contributed by atoms with Crippen LogP contribution in [0.2, 0.25) is 0 Å². The number of hydrogen-bond acceptors (Lipinski definition) is 4. The molecule has 0 spiro atoms. The largest absolute Gasteiger partial charge is 0.319 e. The molecule has 8 heteroatoms. The first-order valence-corrected chi connectivity index (χ1v) is 8.90. The third-order valence-corrected chi connectivity index (χ3v) is 4.79. The molecule has 0 atom stereocenters. The first-order valence-electron chi connectivity index (χ1n) is 7.42. The zero-order valence-electron chi connectivity index (χ0n) is 13.4. The van der Waals surface area contributed by atoms with Crippen LogP contribution >= 0.6 is 0 Å². The van der Waals surface area contributed by atoms with Crippen molar-refractivity contribution < 1.29 is 13.2 Å². The summed E-state index contributed by atoms with van der Waals surface area (Å²) in [6.07, 6.45) is 3.19. The molecule has 1 amide bonds. The second-order valence-electron chi connectivity index (χ2n) is 5.36. The highest BCUT2D eigenvalue weighted by atomic mass is 32.2. The second-order valence-corrected chi connectivity index (χ2v) is 7.04. The van der Waals surface area contributed by atoms with Crippen molar-refractivity contribution in [3.63, 3.8) is 0 Å². The van der Waals surface area contributed by atoms with E-state index in [9.17, 15) is 13.2 Å². The minimum atomic E-state index is -3.71. The summed E-state index contributed by atoms with van der Waals surface area (Å²) in [6.45, 7) is 0. The van der Waals surface area contributed by atoms with Gasteiger partial charge in [-0.3, -0.25) is 14.2 Å². The summed E-state index contributed by atoms with van der Waals surface area (Å²) >= 11 is 0. The Kier molecular flexibility index (Phi) is 4.53. The number of hydrogen-bond donors (Lipinski definition) is 2. The van der Waals surface area contributed by atoms with E-state index in [4.69, 9.17) is 0 Å². The summed E-state index contributed by atoms with van der Waals surface area (Å²) < 4.78 is 28.8. The molecule has 0 aliphatic heterocycles. The average molecular weight is 356 g/mol. The molecule has 3 aromatic rings. The van der Waals surface area contributed by atoms with Gasteiger partial charge in [-0.2, -0.15) is 5.10 Å². The standard InChI is InChI=1S/C17H16N4O3S/c1-21-12-15(11-18-21)19-17(22)13-6-5-7-14(10-13)20-25(23,24)16-8-3-2-4-9-16/h2-12,20H,1H3,(H,19,22). The van der Waals surface area contributed by atoms with Gasteiger partial charge in [-0.05, 0) is 30.3 Å². The number of benzene rings is 2. The maximum Gasteiger partial charge on any atom is 0.261 e. The molecule has 0 radical (unpaired) electrons. The van der Waals surface area contributed by atoms with E-state index >= 15 is 0 Å². The number of aromatic nitrogens is 2. The molecule has 0 fully saturated rings. The van der Waals surface area contributed by atoms with Crippen LogP contribution in [0.25, 0.3) is 0 Å². The van der Waals surface area contributed by atoms with Crippen LogP contribution in [-0.4, -0.2) is 24.1 Å². The Morgan fingerprint density at radius 1 is 1.04 bits per heavy atom. The van der Waals surface area contributed by atoms with Crippen LogP contribution in [0.1, 0.15) is 10.4 Å². The molecular weight excluding hydrogens is 340 g/mol. The van der Waals surface area contributed by atoms with E-state index in [-0.39, 0.29) is 10.8 Å². The van der Waals surface area contributed by atoms with E-state index in [1.165, 1.54) is 24.4 Å². The fourth-order valence-electron chi connectivity index (χ4n) is 2.23. The van der Waals surface area contributed by atoms with Crippen LogP contribution in [0.4, 0.5) is 11.4 Å². The number of nitrogens with one attached hydrogen (secondary N) is 2. The molecular formula is C17H16N4O3S. The minimum absolute atomic E-state index is 0.153. The Bertz CT molecular complexity index is 997. The van der Waals surface area contributed by atoms with E-state index in [1.54, 1.807) is 54.3 Å². The number of carbonyl (C=O) groups excluding carboxylic acids is 1. The number of rotatable bonds is 5. The zero-order valence-corrected chi connectivity index (χ0v) is 14.2. The molecule has 3 rings (SSSR count). The van der Waals surface area contributed by atoms with Crippen molar-refractivity contribution in [3.8, 4) is 0 Å². The van der Waals surface area contributed by atoms with Gasteiger partial charge in [0, 0.05) is 24.5 Å². The average Bonchev–Trinajstić information content (AvgIpc) is 3.00. The number of amides is 1. The van der Waals surface area contributed by atoms with E-state index in [2.05, 4.69) is 15.1 Å². The predicted molar refractivity (Wildman–Crippen MR) is 94.9 cm³/mol. The molecule has 0 aliphatic rings. The van der Waals surface area contributed by atoms with E-state index in [0.29, 0.717) is 16.9 Å². The lowest BCUT2D eigenvalue weighted by molar-refractivity contribution is 0.102. The highest BCUT2D eigenvalue weighted by molar-refractivity contribution is 7.92. The fourth-order valence-corrected chi connectivity index (χ4v) is 3.30. The Morgan fingerprint density at radius 3 is 2.48 bits per heavy atom. The molecule has 0 unspecified atom stereocenters. The second kappa shape index (κ2) is 6.78. The monoisotopic (exact) mass is 356 g/mol. The Morgan fingerprint density at radius 2 is 1.80 bits per heavy atom. The van der Waals surface area contributed by atoms with Gasteiger partial charge in [-0.1, -0.05) is 24.3 Å². The molecule has 0 saturated heterocycles. The summed E-state index contributed by atoms with van der Waals surface area (Å²) in [4.78, 5) is 12.4. The Balaban J connectivity index is 1.78. The Labute approximate surface area is 145 Å². The first kappa shape index (κ1) is 16.7. The van der Waals surface area contributed by atoms with Crippen LogP contribution in [0.3, 0.4) is 0 Å². The smallest absolute Gasteiger partial charge is 0.261 e. The first-order chi connectivity index (χ1) is 11.9. The van der Waals surface area contributed by atoms with Crippen molar-refractivity contribution in [2.45, 2.75) is 4.90 Å². The maximum atomic E-state index is 12.4. The molecule has 2 aromatic carbocycles. The molecule has 1 heterocycles. The van der Waals surface area contributed by atoms with Gasteiger partial charge in [0.25, 0.3) is 15.9 Å². The van der Waals surface area contributed by atoms with Crippen molar-refractivity contribution in [3.05, 3.63) is 72.6 Å². The molecule has 2 N–H and O–H groups in total. The third kappa shape index (κ3) is 4.04. The van der Waals surface area contributed by atoms with Crippen molar-refractivity contribution in [2.75, 3.05) is 10.0 Å². The van der Waals surface area contributed by atoms with Crippen molar-refractivity contribution in [2.24, 2.45) is 7.05 Å². The summed E-state index contributed by atoms with van der Waals surface area (Å²) in [5.41, 5.74) is 1.20. The lowest BCUT2D eigenvalue weighted by atomic mass is 10.2. The lowest BCUT2D eigenvalue weighted by Crippen LogP contribution is -2.15. The van der Waals surface area contributed by atoms with Gasteiger partial charge < -0.3 is 5.32 Å². The number of sulfonamides is 1. The van der Waals surface area contributed by atoms with Crippen molar-refractivity contribution in [1.29, 1.82) is 0 Å². The maximum absolute atomic E-state index is 12.4. The van der Waals surface area contributed by atoms with Gasteiger partial charge in [0.15, 0.2) is 0 Å². The van der Waals surface area contributed by atoms with Crippen LogP contribution in [0, 0.1) is 0 Å². The summed E-state index contributed by atoms with van der Waals surface area (Å²) in [7, 11) is -1.96. The van der Waals surface area contributed by atoms with Gasteiger partial charge in [0.05, 0.1) is 16.8 Å². The summed E-state index contributed by atoms with van der Waals surface area (Å²) in [5.74, 6) is -0.353. The van der Waals surface area contributed by atoms with Gasteiger partial charge in [-0.15, -0.1) is 0 Å². The van der Waals surface area contributed by atoms with Crippen LogP contribution in [-0.2, 0) is 17.1 Å². The van der Waals surface area contributed by atoms with E-state index < -0.39 is 10.0 Å². The summed E-state index contributed by atoms with van der Waals surface area (Å²) in [6, 6.07) is 14.3. The van der Waals surface area contributed by atoms with Crippen LogP contribution in [0.5, 0.6) is 0 Å². The number of aryl methyl sites for hydroxylation is 1. The van der Waals surface area contributed by atoms with Gasteiger partial charge in [0.2, 0.25) is 0 Å². The molecule has 0 saturated carbocycles. The highest BCUT2D eigenvalue weighted by Gasteiger charge is 2.15. The topological polar surface area (TPSA) is 93.1 Å². The molecule has 1 aromatic heterocycles. The van der Waals surface area contributed by atoms with Gasteiger partial charge >= 0.3 is 0 Å². The van der Waals surface area contributed by atoms with E-state index in [0.717, 1.165) is 0 Å². The fraction of sp³-hybridized carbons (Fsp3) is 0.0588. The quantitative estimate of drug-likeness (QED) is 0.734. The highest BCUT2D eigenvalue weighted by Crippen LogP contribution is 2.18. The lowest BCUT2D eigenvalue weighted by Gasteiger charge is -2.09. The molecule has 7 nitrogen and oxygen atoms in total. The third-order valence-electron chi connectivity index (χ3n) is 3.39. The normalized spacial score (nSPS) is 11.1. The zero-order chi connectivity index (χ0) is 17.9. The number of anilines is 2. The van der Waals surface area contributed by atoms with Crippen molar-refractivity contribution >= 4 is 27.3 Å². The summed E-state index contributed by atoms with van der Waals surface area (Å²) in [5, 5.41) is 6.67. The SMILES string of the molecule is Cn1cc(NC(=O)c2cccc(NS(=O)(=O)c3ccccc3)c2)cn1. The molecule has 0 aliphatic carbocycles. The van der Waals surface area contributed by atoms with Gasteiger partial charge in [0.1, 0.15) is 0 Å². The number of carbonyl (C=O) groups is 1. The predicted octanol–water partition coefficient (Wildman–Crippen LogP) is 2.47. The van der Waals surface area contributed by atoms with Crippen molar-refractivity contribution in [1.82, 2.24) is 9.78 Å². The number of nitrogens with zero attached hydrogens (tertiary/aromatic N) is 2.